The molecule has 126 valence electrons. The summed E-state index contributed by atoms with van der Waals surface area (Å²) in [7, 11) is 0. The second kappa shape index (κ2) is 7.59. The minimum atomic E-state index is -0.313. The Morgan fingerprint density at radius 1 is 1.29 bits per heavy atom. The van der Waals surface area contributed by atoms with Gasteiger partial charge in [0.1, 0.15) is 0 Å². The summed E-state index contributed by atoms with van der Waals surface area (Å²) in [6.07, 6.45) is 5.26. The SMILES string of the molecule is Nc1nccnc1C(=O)NCC(c1cccc(Cl)c1)N1CCCC1. The number of anilines is 1. The highest BCUT2D eigenvalue weighted by Gasteiger charge is 2.24. The first-order valence-corrected chi connectivity index (χ1v) is 8.37. The number of rotatable bonds is 5. The van der Waals surface area contributed by atoms with Gasteiger partial charge in [-0.1, -0.05) is 23.7 Å². The summed E-state index contributed by atoms with van der Waals surface area (Å²) in [5.41, 5.74) is 6.97. The molecule has 3 rings (SSSR count). The number of hydrogen-bond donors (Lipinski definition) is 2. The minimum absolute atomic E-state index is 0.0769. The van der Waals surface area contributed by atoms with Gasteiger partial charge in [0.2, 0.25) is 0 Å². The van der Waals surface area contributed by atoms with E-state index in [2.05, 4.69) is 20.2 Å². The Labute approximate surface area is 146 Å². The van der Waals surface area contributed by atoms with E-state index in [4.69, 9.17) is 17.3 Å². The van der Waals surface area contributed by atoms with Crippen molar-refractivity contribution in [3.8, 4) is 0 Å². The van der Waals surface area contributed by atoms with Crippen molar-refractivity contribution < 1.29 is 4.79 Å². The summed E-state index contributed by atoms with van der Waals surface area (Å²) in [5, 5.41) is 3.62. The third-order valence-corrected chi connectivity index (χ3v) is 4.45. The van der Waals surface area contributed by atoms with Crippen molar-refractivity contribution in [3.05, 3.63) is 52.9 Å². The molecule has 0 aliphatic carbocycles. The van der Waals surface area contributed by atoms with Crippen LogP contribution in [0.15, 0.2) is 36.7 Å². The Morgan fingerprint density at radius 3 is 2.75 bits per heavy atom. The molecule has 1 unspecified atom stereocenters. The van der Waals surface area contributed by atoms with Crippen LogP contribution in [0, 0.1) is 0 Å². The lowest BCUT2D eigenvalue weighted by molar-refractivity contribution is 0.0933. The zero-order valence-corrected chi connectivity index (χ0v) is 14.0. The molecule has 1 aromatic heterocycles. The number of nitrogens with one attached hydrogen (secondary N) is 1. The molecule has 1 aliphatic heterocycles. The predicted octanol–water partition coefficient (Wildman–Crippen LogP) is 2.28. The number of nitrogens with zero attached hydrogens (tertiary/aromatic N) is 3. The second-order valence-corrected chi connectivity index (χ2v) is 6.25. The summed E-state index contributed by atoms with van der Waals surface area (Å²) in [6.45, 7) is 2.50. The van der Waals surface area contributed by atoms with Gasteiger partial charge in [0.25, 0.3) is 5.91 Å². The largest absolute Gasteiger partial charge is 0.382 e. The summed E-state index contributed by atoms with van der Waals surface area (Å²) >= 11 is 6.13. The number of aromatic nitrogens is 2. The zero-order valence-electron chi connectivity index (χ0n) is 13.3. The molecule has 1 aromatic carbocycles. The van der Waals surface area contributed by atoms with Crippen molar-refractivity contribution >= 4 is 23.3 Å². The number of benzene rings is 1. The van der Waals surface area contributed by atoms with Crippen molar-refractivity contribution in [1.82, 2.24) is 20.2 Å². The quantitative estimate of drug-likeness (QED) is 0.868. The fraction of sp³-hybridized carbons (Fsp3) is 0.353. The molecule has 1 atom stereocenters. The molecule has 24 heavy (non-hydrogen) atoms. The van der Waals surface area contributed by atoms with Gasteiger partial charge >= 0.3 is 0 Å². The number of amides is 1. The molecule has 6 nitrogen and oxygen atoms in total. The van der Waals surface area contributed by atoms with Crippen LogP contribution in [-0.2, 0) is 0 Å². The van der Waals surface area contributed by atoms with E-state index in [1.807, 2.05) is 24.3 Å². The first-order chi connectivity index (χ1) is 11.6. The summed E-state index contributed by atoms with van der Waals surface area (Å²) in [4.78, 5) is 22.6. The maximum Gasteiger partial charge on any atom is 0.273 e. The molecule has 1 aliphatic rings. The van der Waals surface area contributed by atoms with Crippen LogP contribution in [0.25, 0.3) is 0 Å². The summed E-state index contributed by atoms with van der Waals surface area (Å²) in [5.74, 6) is -0.178. The maximum atomic E-state index is 12.3. The molecule has 0 radical (unpaired) electrons. The maximum absolute atomic E-state index is 12.3. The fourth-order valence-corrected chi connectivity index (χ4v) is 3.22. The Kier molecular flexibility index (Phi) is 5.27. The fourth-order valence-electron chi connectivity index (χ4n) is 3.02. The summed E-state index contributed by atoms with van der Waals surface area (Å²) in [6, 6.07) is 7.85. The lowest BCUT2D eigenvalue weighted by atomic mass is 10.1. The van der Waals surface area contributed by atoms with Gasteiger partial charge in [-0.15, -0.1) is 0 Å². The van der Waals surface area contributed by atoms with Gasteiger partial charge in [0.15, 0.2) is 11.5 Å². The van der Waals surface area contributed by atoms with E-state index in [1.165, 1.54) is 25.2 Å². The van der Waals surface area contributed by atoms with Crippen molar-refractivity contribution in [2.45, 2.75) is 18.9 Å². The molecule has 7 heteroatoms. The van der Waals surface area contributed by atoms with Gasteiger partial charge in [-0.25, -0.2) is 9.97 Å². The van der Waals surface area contributed by atoms with Gasteiger partial charge in [-0.2, -0.15) is 0 Å². The Balaban J connectivity index is 1.75. The first kappa shape index (κ1) is 16.7. The van der Waals surface area contributed by atoms with Crippen molar-refractivity contribution in [2.75, 3.05) is 25.4 Å². The van der Waals surface area contributed by atoms with E-state index in [-0.39, 0.29) is 23.5 Å². The minimum Gasteiger partial charge on any atom is -0.382 e. The van der Waals surface area contributed by atoms with Crippen LogP contribution in [0.2, 0.25) is 5.02 Å². The zero-order chi connectivity index (χ0) is 16.9. The van der Waals surface area contributed by atoms with Gasteiger partial charge in [0.05, 0.1) is 6.04 Å². The molecular weight excluding hydrogens is 326 g/mol. The standard InChI is InChI=1S/C17H20ClN5O/c18-13-5-3-4-12(10-13)14(23-8-1-2-9-23)11-22-17(24)15-16(19)21-7-6-20-15/h3-7,10,14H,1-2,8-9,11H2,(H2,19,21)(H,22,24). The van der Waals surface area contributed by atoms with Crippen molar-refractivity contribution in [2.24, 2.45) is 0 Å². The predicted molar refractivity (Wildman–Crippen MR) is 93.8 cm³/mol. The number of likely N-dealkylation sites (tertiary alicyclic amines) is 1. The molecule has 1 fully saturated rings. The molecular formula is C17H20ClN5O. The molecule has 2 aromatic rings. The van der Waals surface area contributed by atoms with Gasteiger partial charge in [-0.05, 0) is 43.6 Å². The van der Waals surface area contributed by atoms with Crippen LogP contribution >= 0.6 is 11.6 Å². The smallest absolute Gasteiger partial charge is 0.273 e. The molecule has 3 N–H and O–H groups in total. The van der Waals surface area contributed by atoms with Gasteiger partial charge < -0.3 is 11.1 Å². The highest BCUT2D eigenvalue weighted by atomic mass is 35.5. The topological polar surface area (TPSA) is 84.1 Å². The number of halogens is 1. The van der Waals surface area contributed by atoms with Crippen LogP contribution in [0.3, 0.4) is 0 Å². The van der Waals surface area contributed by atoms with Crippen LogP contribution in [-0.4, -0.2) is 40.4 Å². The number of carbonyl (C=O) groups excluding carboxylic acids is 1. The average Bonchev–Trinajstić information content (AvgIpc) is 3.10. The lowest BCUT2D eigenvalue weighted by Crippen LogP contribution is -2.37. The van der Waals surface area contributed by atoms with Crippen LogP contribution in [0.4, 0.5) is 5.82 Å². The van der Waals surface area contributed by atoms with E-state index in [9.17, 15) is 4.79 Å². The number of hydrogen-bond acceptors (Lipinski definition) is 5. The molecule has 0 saturated carbocycles. The first-order valence-electron chi connectivity index (χ1n) is 7.99. The van der Waals surface area contributed by atoms with E-state index in [1.54, 1.807) is 0 Å². The van der Waals surface area contributed by atoms with Gasteiger partial charge in [0, 0.05) is 24.0 Å². The number of carbonyl (C=O) groups is 1. The normalized spacial score (nSPS) is 16.0. The third-order valence-electron chi connectivity index (χ3n) is 4.21. The average molecular weight is 346 g/mol. The molecule has 0 bridgehead atoms. The van der Waals surface area contributed by atoms with Gasteiger partial charge in [-0.3, -0.25) is 9.69 Å². The Bertz CT molecular complexity index is 718. The lowest BCUT2D eigenvalue weighted by Gasteiger charge is -2.28. The van der Waals surface area contributed by atoms with E-state index < -0.39 is 0 Å². The highest BCUT2D eigenvalue weighted by Crippen LogP contribution is 2.26. The van der Waals surface area contributed by atoms with Crippen LogP contribution in [0.5, 0.6) is 0 Å². The molecule has 1 amide bonds. The van der Waals surface area contributed by atoms with Crippen molar-refractivity contribution in [1.29, 1.82) is 0 Å². The third kappa shape index (κ3) is 3.83. The van der Waals surface area contributed by atoms with E-state index in [0.717, 1.165) is 18.7 Å². The van der Waals surface area contributed by atoms with E-state index in [0.29, 0.717) is 11.6 Å². The van der Waals surface area contributed by atoms with E-state index >= 15 is 0 Å². The number of nitrogen functional groups attached to an aromatic ring is 1. The van der Waals surface area contributed by atoms with Crippen molar-refractivity contribution in [3.63, 3.8) is 0 Å². The summed E-state index contributed by atoms with van der Waals surface area (Å²) < 4.78 is 0. The molecule has 1 saturated heterocycles. The monoisotopic (exact) mass is 345 g/mol. The molecule has 2 heterocycles. The number of nitrogens with two attached hydrogens (primary N) is 1. The van der Waals surface area contributed by atoms with Crippen LogP contribution in [0.1, 0.15) is 34.9 Å². The molecule has 0 spiro atoms. The Morgan fingerprint density at radius 2 is 2.04 bits per heavy atom. The highest BCUT2D eigenvalue weighted by molar-refractivity contribution is 6.30. The Hall–Kier alpha value is -2.18. The van der Waals surface area contributed by atoms with Crippen LogP contribution < -0.4 is 11.1 Å². The second-order valence-electron chi connectivity index (χ2n) is 5.81.